The number of hydrazine groups is 1. The molecule has 0 aromatic carbocycles. The maximum Gasteiger partial charge on any atom is 0.0240 e. The average molecular weight is 186 g/mol. The van der Waals surface area contributed by atoms with Gasteiger partial charge in [0.1, 0.15) is 0 Å². The third-order valence-electron chi connectivity index (χ3n) is 2.60. The lowest BCUT2D eigenvalue weighted by Crippen LogP contribution is -2.40. The smallest absolute Gasteiger partial charge is 0.0240 e. The Morgan fingerprint density at radius 2 is 1.69 bits per heavy atom. The monoisotopic (exact) mass is 186 g/mol. The van der Waals surface area contributed by atoms with E-state index in [2.05, 4.69) is 20.8 Å². The zero-order valence-corrected chi connectivity index (χ0v) is 9.55. The molecule has 0 aliphatic heterocycles. The molecule has 80 valence electrons. The first-order valence-electron chi connectivity index (χ1n) is 5.77. The quantitative estimate of drug-likeness (QED) is 0.359. The van der Waals surface area contributed by atoms with Gasteiger partial charge >= 0.3 is 0 Å². The van der Waals surface area contributed by atoms with Crippen molar-refractivity contribution >= 4 is 0 Å². The molecule has 0 saturated carbocycles. The summed E-state index contributed by atoms with van der Waals surface area (Å²) in [6, 6.07) is 0.613. The molecule has 0 aromatic heterocycles. The second kappa shape index (κ2) is 8.52. The van der Waals surface area contributed by atoms with Gasteiger partial charge in [-0.05, 0) is 12.8 Å². The lowest BCUT2D eigenvalue weighted by Gasteiger charge is -2.26. The van der Waals surface area contributed by atoms with E-state index in [0.29, 0.717) is 6.04 Å². The number of hydrogen-bond acceptors (Lipinski definition) is 2. The Morgan fingerprint density at radius 1 is 1.00 bits per heavy atom. The molecule has 0 fully saturated rings. The van der Waals surface area contributed by atoms with Gasteiger partial charge in [0, 0.05) is 12.6 Å². The predicted octanol–water partition coefficient (Wildman–Crippen LogP) is 2.93. The van der Waals surface area contributed by atoms with E-state index in [1.165, 1.54) is 38.5 Å². The van der Waals surface area contributed by atoms with Gasteiger partial charge in [0.05, 0.1) is 0 Å². The van der Waals surface area contributed by atoms with E-state index in [1.807, 2.05) is 5.01 Å². The Labute approximate surface area is 83.5 Å². The van der Waals surface area contributed by atoms with Gasteiger partial charge in [0.2, 0.25) is 0 Å². The van der Waals surface area contributed by atoms with Crippen LogP contribution in [0.25, 0.3) is 0 Å². The van der Waals surface area contributed by atoms with Crippen molar-refractivity contribution in [2.75, 3.05) is 6.54 Å². The van der Waals surface area contributed by atoms with Gasteiger partial charge in [-0.1, -0.05) is 46.5 Å². The van der Waals surface area contributed by atoms with Crippen LogP contribution in [-0.2, 0) is 0 Å². The highest BCUT2D eigenvalue weighted by molar-refractivity contribution is 4.65. The largest absolute Gasteiger partial charge is 0.269 e. The normalized spacial score (nSPS) is 13.6. The molecular formula is C11H26N2. The molecule has 1 unspecified atom stereocenters. The summed E-state index contributed by atoms with van der Waals surface area (Å²) in [5.41, 5.74) is 0. The molecule has 13 heavy (non-hydrogen) atoms. The standard InChI is InChI=1S/C11H26N2/c1-4-7-8-10-11(9-5-2)13(12)6-3/h11H,4-10,12H2,1-3H3. The van der Waals surface area contributed by atoms with E-state index < -0.39 is 0 Å². The molecule has 1 atom stereocenters. The first kappa shape index (κ1) is 12.9. The molecule has 0 saturated heterocycles. The lowest BCUT2D eigenvalue weighted by molar-refractivity contribution is 0.185. The minimum absolute atomic E-state index is 0.613. The maximum absolute atomic E-state index is 5.92. The van der Waals surface area contributed by atoms with Crippen molar-refractivity contribution in [3.8, 4) is 0 Å². The SMILES string of the molecule is CCCCCC(CCC)N(N)CC. The van der Waals surface area contributed by atoms with Crippen molar-refractivity contribution < 1.29 is 0 Å². The topological polar surface area (TPSA) is 29.3 Å². The highest BCUT2D eigenvalue weighted by atomic mass is 15.4. The molecule has 0 aliphatic rings. The van der Waals surface area contributed by atoms with Crippen LogP contribution in [0.5, 0.6) is 0 Å². The van der Waals surface area contributed by atoms with Crippen LogP contribution in [-0.4, -0.2) is 17.6 Å². The average Bonchev–Trinajstić information content (AvgIpc) is 2.16. The highest BCUT2D eigenvalue weighted by Gasteiger charge is 2.11. The first-order valence-corrected chi connectivity index (χ1v) is 5.77. The van der Waals surface area contributed by atoms with Gasteiger partial charge in [-0.2, -0.15) is 0 Å². The predicted molar refractivity (Wildman–Crippen MR) is 59.4 cm³/mol. The van der Waals surface area contributed by atoms with Crippen molar-refractivity contribution in [3.05, 3.63) is 0 Å². The summed E-state index contributed by atoms with van der Waals surface area (Å²) in [5.74, 6) is 5.92. The van der Waals surface area contributed by atoms with E-state index >= 15 is 0 Å². The van der Waals surface area contributed by atoms with Crippen molar-refractivity contribution in [2.45, 2.75) is 65.3 Å². The Bertz CT molecular complexity index is 104. The number of unbranched alkanes of at least 4 members (excludes halogenated alkanes) is 2. The maximum atomic E-state index is 5.92. The number of nitrogens with two attached hydrogens (primary N) is 1. The van der Waals surface area contributed by atoms with E-state index in [-0.39, 0.29) is 0 Å². The molecule has 0 aromatic rings. The zero-order chi connectivity index (χ0) is 10.1. The Morgan fingerprint density at radius 3 is 2.15 bits per heavy atom. The van der Waals surface area contributed by atoms with Crippen LogP contribution in [0.1, 0.15) is 59.3 Å². The van der Waals surface area contributed by atoms with Crippen LogP contribution in [0.3, 0.4) is 0 Å². The summed E-state index contributed by atoms with van der Waals surface area (Å²) in [6.45, 7) is 7.57. The van der Waals surface area contributed by atoms with Crippen LogP contribution in [0.4, 0.5) is 0 Å². The zero-order valence-electron chi connectivity index (χ0n) is 9.55. The van der Waals surface area contributed by atoms with Crippen molar-refractivity contribution in [3.63, 3.8) is 0 Å². The van der Waals surface area contributed by atoms with Gasteiger partial charge in [0.25, 0.3) is 0 Å². The minimum atomic E-state index is 0.613. The highest BCUT2D eigenvalue weighted by Crippen LogP contribution is 2.12. The third-order valence-corrected chi connectivity index (χ3v) is 2.60. The molecule has 0 bridgehead atoms. The van der Waals surface area contributed by atoms with Gasteiger partial charge in [0.15, 0.2) is 0 Å². The summed E-state index contributed by atoms with van der Waals surface area (Å²) in [6.07, 6.45) is 7.73. The molecule has 0 amide bonds. The summed E-state index contributed by atoms with van der Waals surface area (Å²) in [5, 5.41) is 2.00. The number of hydrogen-bond donors (Lipinski definition) is 1. The molecule has 0 radical (unpaired) electrons. The van der Waals surface area contributed by atoms with Crippen LogP contribution < -0.4 is 5.84 Å². The van der Waals surface area contributed by atoms with E-state index in [9.17, 15) is 0 Å². The molecular weight excluding hydrogens is 160 g/mol. The van der Waals surface area contributed by atoms with Gasteiger partial charge in [-0.25, -0.2) is 5.01 Å². The fraction of sp³-hybridized carbons (Fsp3) is 1.00. The van der Waals surface area contributed by atoms with Crippen LogP contribution in [0.15, 0.2) is 0 Å². The van der Waals surface area contributed by atoms with Gasteiger partial charge in [-0.3, -0.25) is 5.84 Å². The minimum Gasteiger partial charge on any atom is -0.269 e. The summed E-state index contributed by atoms with van der Waals surface area (Å²) < 4.78 is 0. The van der Waals surface area contributed by atoms with Gasteiger partial charge in [-0.15, -0.1) is 0 Å². The van der Waals surface area contributed by atoms with Gasteiger partial charge < -0.3 is 0 Å². The fourth-order valence-electron chi connectivity index (χ4n) is 1.70. The van der Waals surface area contributed by atoms with E-state index in [1.54, 1.807) is 0 Å². The second-order valence-electron chi connectivity index (χ2n) is 3.77. The Hall–Kier alpha value is -0.0800. The molecule has 0 rings (SSSR count). The summed E-state index contributed by atoms with van der Waals surface area (Å²) in [4.78, 5) is 0. The first-order chi connectivity index (χ1) is 6.26. The molecule has 0 aliphatic carbocycles. The van der Waals surface area contributed by atoms with Crippen molar-refractivity contribution in [1.82, 2.24) is 5.01 Å². The summed E-state index contributed by atoms with van der Waals surface area (Å²) >= 11 is 0. The summed E-state index contributed by atoms with van der Waals surface area (Å²) in [7, 11) is 0. The molecule has 0 spiro atoms. The third kappa shape index (κ3) is 6.05. The molecule has 2 N–H and O–H groups in total. The second-order valence-corrected chi connectivity index (χ2v) is 3.77. The van der Waals surface area contributed by atoms with Crippen molar-refractivity contribution in [2.24, 2.45) is 5.84 Å². The molecule has 2 heteroatoms. The fourth-order valence-corrected chi connectivity index (χ4v) is 1.70. The molecule has 0 heterocycles. The number of rotatable bonds is 8. The van der Waals surface area contributed by atoms with Crippen LogP contribution in [0, 0.1) is 0 Å². The lowest BCUT2D eigenvalue weighted by atomic mass is 10.0. The Balaban J connectivity index is 3.65. The molecule has 2 nitrogen and oxygen atoms in total. The van der Waals surface area contributed by atoms with Crippen LogP contribution in [0.2, 0.25) is 0 Å². The van der Waals surface area contributed by atoms with E-state index in [4.69, 9.17) is 5.84 Å². The van der Waals surface area contributed by atoms with E-state index in [0.717, 1.165) is 6.54 Å². The van der Waals surface area contributed by atoms with Crippen LogP contribution >= 0.6 is 0 Å². The van der Waals surface area contributed by atoms with Crippen molar-refractivity contribution in [1.29, 1.82) is 0 Å². The Kier molecular flexibility index (Phi) is 8.46. The number of nitrogens with zero attached hydrogens (tertiary/aromatic N) is 1.